The summed E-state index contributed by atoms with van der Waals surface area (Å²) in [5, 5.41) is 0. The second kappa shape index (κ2) is 2.91. The number of Topliss-reactive ketones (excluding diaryl/α,β-unsaturated/α-hetero) is 1. The number of carbonyl (C=O) groups is 1. The van der Waals surface area contributed by atoms with Gasteiger partial charge in [-0.25, -0.2) is 0 Å². The lowest BCUT2D eigenvalue weighted by molar-refractivity contribution is -0.126. The van der Waals surface area contributed by atoms with E-state index in [1.165, 1.54) is 0 Å². The van der Waals surface area contributed by atoms with Crippen LogP contribution >= 0.6 is 0 Å². The van der Waals surface area contributed by atoms with Crippen molar-refractivity contribution >= 4 is 5.78 Å². The average Bonchev–Trinajstić information content (AvgIpc) is 2.67. The van der Waals surface area contributed by atoms with Crippen LogP contribution in [0.4, 0.5) is 0 Å². The van der Waals surface area contributed by atoms with Crippen LogP contribution in [-0.4, -0.2) is 25.0 Å². The summed E-state index contributed by atoms with van der Waals surface area (Å²) in [6, 6.07) is 0. The SMILES string of the molecule is COCC(C)(N)C(=O)C1CC1. The van der Waals surface area contributed by atoms with Crippen molar-refractivity contribution in [1.82, 2.24) is 0 Å². The van der Waals surface area contributed by atoms with Crippen LogP contribution in [0.2, 0.25) is 0 Å². The third-order valence-corrected chi connectivity index (χ3v) is 1.96. The minimum atomic E-state index is -0.768. The predicted molar refractivity (Wildman–Crippen MR) is 42.2 cm³/mol. The summed E-state index contributed by atoms with van der Waals surface area (Å²) in [5.41, 5.74) is 4.97. The van der Waals surface area contributed by atoms with Gasteiger partial charge in [-0.1, -0.05) is 0 Å². The quantitative estimate of drug-likeness (QED) is 0.639. The van der Waals surface area contributed by atoms with Gasteiger partial charge in [0.25, 0.3) is 0 Å². The van der Waals surface area contributed by atoms with Crippen LogP contribution in [0.3, 0.4) is 0 Å². The van der Waals surface area contributed by atoms with Crippen LogP contribution in [-0.2, 0) is 9.53 Å². The molecule has 1 fully saturated rings. The first-order chi connectivity index (χ1) is 5.08. The zero-order valence-electron chi connectivity index (χ0n) is 7.09. The Labute approximate surface area is 66.9 Å². The third-order valence-electron chi connectivity index (χ3n) is 1.96. The van der Waals surface area contributed by atoms with E-state index in [-0.39, 0.29) is 11.7 Å². The topological polar surface area (TPSA) is 52.3 Å². The van der Waals surface area contributed by atoms with Crippen molar-refractivity contribution in [3.05, 3.63) is 0 Å². The van der Waals surface area contributed by atoms with Crippen LogP contribution in [0.5, 0.6) is 0 Å². The monoisotopic (exact) mass is 157 g/mol. The van der Waals surface area contributed by atoms with Crippen LogP contribution in [0.15, 0.2) is 0 Å². The molecule has 1 atom stereocenters. The minimum absolute atomic E-state index is 0.152. The van der Waals surface area contributed by atoms with E-state index in [2.05, 4.69) is 0 Å². The van der Waals surface area contributed by atoms with Crippen molar-refractivity contribution in [3.8, 4) is 0 Å². The molecular weight excluding hydrogens is 142 g/mol. The highest BCUT2D eigenvalue weighted by Gasteiger charge is 2.39. The zero-order valence-corrected chi connectivity index (χ0v) is 7.09. The van der Waals surface area contributed by atoms with E-state index in [0.29, 0.717) is 6.61 Å². The Morgan fingerprint density at radius 1 is 1.73 bits per heavy atom. The predicted octanol–water partition coefficient (Wildman–Crippen LogP) is 0.329. The molecule has 0 spiro atoms. The second-order valence-corrected chi connectivity index (χ2v) is 3.49. The molecule has 11 heavy (non-hydrogen) atoms. The van der Waals surface area contributed by atoms with Crippen molar-refractivity contribution in [2.45, 2.75) is 25.3 Å². The number of methoxy groups -OCH3 is 1. The molecule has 1 rings (SSSR count). The van der Waals surface area contributed by atoms with Gasteiger partial charge in [-0.2, -0.15) is 0 Å². The fourth-order valence-electron chi connectivity index (χ4n) is 1.18. The van der Waals surface area contributed by atoms with Crippen LogP contribution in [0, 0.1) is 5.92 Å². The van der Waals surface area contributed by atoms with Gasteiger partial charge in [0.2, 0.25) is 0 Å². The van der Waals surface area contributed by atoms with Crippen molar-refractivity contribution in [2.24, 2.45) is 11.7 Å². The summed E-state index contributed by atoms with van der Waals surface area (Å²) in [7, 11) is 1.56. The summed E-state index contributed by atoms with van der Waals surface area (Å²) in [4.78, 5) is 11.4. The Hall–Kier alpha value is -0.410. The van der Waals surface area contributed by atoms with Gasteiger partial charge in [-0.3, -0.25) is 4.79 Å². The molecule has 64 valence electrons. The Balaban J connectivity index is 2.47. The standard InChI is InChI=1S/C8H15NO2/c1-8(9,5-11-2)7(10)6-3-4-6/h6H,3-5,9H2,1-2H3. The molecule has 0 saturated heterocycles. The van der Waals surface area contributed by atoms with Gasteiger partial charge in [0.15, 0.2) is 5.78 Å². The molecule has 1 aliphatic rings. The largest absolute Gasteiger partial charge is 0.382 e. The van der Waals surface area contributed by atoms with Crippen molar-refractivity contribution < 1.29 is 9.53 Å². The van der Waals surface area contributed by atoms with E-state index in [4.69, 9.17) is 10.5 Å². The van der Waals surface area contributed by atoms with Gasteiger partial charge in [0, 0.05) is 13.0 Å². The van der Waals surface area contributed by atoms with Crippen LogP contribution < -0.4 is 5.73 Å². The molecule has 2 N–H and O–H groups in total. The second-order valence-electron chi connectivity index (χ2n) is 3.49. The number of ketones is 1. The minimum Gasteiger partial charge on any atom is -0.382 e. The molecule has 3 nitrogen and oxygen atoms in total. The van der Waals surface area contributed by atoms with E-state index in [0.717, 1.165) is 12.8 Å². The highest BCUT2D eigenvalue weighted by molar-refractivity contribution is 5.91. The average molecular weight is 157 g/mol. The number of nitrogens with two attached hydrogens (primary N) is 1. The molecule has 0 aromatic heterocycles. The smallest absolute Gasteiger partial charge is 0.157 e. The zero-order chi connectivity index (χ0) is 8.48. The molecule has 0 bridgehead atoms. The van der Waals surface area contributed by atoms with Gasteiger partial charge in [-0.05, 0) is 19.8 Å². The molecule has 0 aromatic rings. The molecule has 0 aliphatic heterocycles. The summed E-state index contributed by atoms with van der Waals surface area (Å²) in [6.45, 7) is 2.06. The van der Waals surface area contributed by atoms with E-state index < -0.39 is 5.54 Å². The first-order valence-corrected chi connectivity index (χ1v) is 3.90. The van der Waals surface area contributed by atoms with E-state index in [1.54, 1.807) is 14.0 Å². The molecular formula is C8H15NO2. The normalized spacial score (nSPS) is 22.8. The van der Waals surface area contributed by atoms with Gasteiger partial charge in [-0.15, -0.1) is 0 Å². The number of ether oxygens (including phenoxy) is 1. The van der Waals surface area contributed by atoms with E-state index >= 15 is 0 Å². The van der Waals surface area contributed by atoms with Crippen molar-refractivity contribution in [2.75, 3.05) is 13.7 Å². The number of carbonyl (C=O) groups excluding carboxylic acids is 1. The Kier molecular flexibility index (Phi) is 2.30. The molecule has 3 heteroatoms. The van der Waals surface area contributed by atoms with E-state index in [1.807, 2.05) is 0 Å². The lowest BCUT2D eigenvalue weighted by Gasteiger charge is -2.21. The van der Waals surface area contributed by atoms with E-state index in [9.17, 15) is 4.79 Å². The molecule has 1 aliphatic carbocycles. The van der Waals surface area contributed by atoms with Gasteiger partial charge in [0.05, 0.1) is 12.1 Å². The molecule has 0 radical (unpaired) electrons. The maximum Gasteiger partial charge on any atom is 0.157 e. The van der Waals surface area contributed by atoms with Crippen molar-refractivity contribution in [1.29, 1.82) is 0 Å². The third kappa shape index (κ3) is 2.01. The number of rotatable bonds is 4. The lowest BCUT2D eigenvalue weighted by Crippen LogP contribution is -2.49. The lowest BCUT2D eigenvalue weighted by atomic mass is 9.95. The Bertz CT molecular complexity index is 161. The molecule has 1 unspecified atom stereocenters. The fraction of sp³-hybridized carbons (Fsp3) is 0.875. The van der Waals surface area contributed by atoms with Crippen LogP contribution in [0.25, 0.3) is 0 Å². The maximum absolute atomic E-state index is 11.4. The highest BCUT2D eigenvalue weighted by Crippen LogP contribution is 2.32. The first kappa shape index (κ1) is 8.68. The summed E-state index contributed by atoms with van der Waals surface area (Å²) in [5.74, 6) is 0.375. The van der Waals surface area contributed by atoms with Gasteiger partial charge >= 0.3 is 0 Å². The van der Waals surface area contributed by atoms with Gasteiger partial charge < -0.3 is 10.5 Å². The molecule has 0 aromatic carbocycles. The Morgan fingerprint density at radius 2 is 2.27 bits per heavy atom. The van der Waals surface area contributed by atoms with Gasteiger partial charge in [0.1, 0.15) is 0 Å². The summed E-state index contributed by atoms with van der Waals surface area (Å²) >= 11 is 0. The summed E-state index contributed by atoms with van der Waals surface area (Å²) in [6.07, 6.45) is 2.02. The number of hydrogen-bond acceptors (Lipinski definition) is 3. The number of hydrogen-bond donors (Lipinski definition) is 1. The fourth-order valence-corrected chi connectivity index (χ4v) is 1.18. The summed E-state index contributed by atoms with van der Waals surface area (Å²) < 4.78 is 4.86. The van der Waals surface area contributed by atoms with Crippen LogP contribution in [0.1, 0.15) is 19.8 Å². The maximum atomic E-state index is 11.4. The first-order valence-electron chi connectivity index (χ1n) is 3.90. The highest BCUT2D eigenvalue weighted by atomic mass is 16.5. The Morgan fingerprint density at radius 3 is 2.64 bits per heavy atom. The molecule has 0 amide bonds. The molecule has 1 saturated carbocycles. The molecule has 0 heterocycles. The van der Waals surface area contributed by atoms with Crippen molar-refractivity contribution in [3.63, 3.8) is 0 Å².